The van der Waals surface area contributed by atoms with E-state index >= 15 is 0 Å². The molecule has 1 aliphatic heterocycles. The maximum absolute atomic E-state index is 12.5. The molecule has 1 amide bonds. The normalized spacial score (nSPS) is 14.7. The summed E-state index contributed by atoms with van der Waals surface area (Å²) >= 11 is 0. The van der Waals surface area contributed by atoms with Crippen LogP contribution in [0.1, 0.15) is 61.2 Å². The number of amides is 1. The van der Waals surface area contributed by atoms with Crippen molar-refractivity contribution in [3.8, 4) is 17.0 Å². The summed E-state index contributed by atoms with van der Waals surface area (Å²) in [6.07, 6.45) is 1.83. The fourth-order valence-corrected chi connectivity index (χ4v) is 3.80. The third-order valence-corrected chi connectivity index (χ3v) is 5.93. The van der Waals surface area contributed by atoms with E-state index in [4.69, 9.17) is 9.26 Å². The Morgan fingerprint density at radius 2 is 2.06 bits per heavy atom. The molecule has 0 spiro atoms. The molecule has 0 radical (unpaired) electrons. The van der Waals surface area contributed by atoms with Crippen molar-refractivity contribution in [3.05, 3.63) is 59.4 Å². The lowest BCUT2D eigenvalue weighted by Crippen LogP contribution is -2.53. The number of rotatable bonds is 9. The highest BCUT2D eigenvalue weighted by Gasteiger charge is 2.30. The third kappa shape index (κ3) is 6.04. The summed E-state index contributed by atoms with van der Waals surface area (Å²) in [6.45, 7) is 11.6. The van der Waals surface area contributed by atoms with Gasteiger partial charge in [-0.1, -0.05) is 25.1 Å². The van der Waals surface area contributed by atoms with Crippen molar-refractivity contribution < 1.29 is 19.2 Å². The molecule has 3 heterocycles. The van der Waals surface area contributed by atoms with E-state index in [1.54, 1.807) is 26.1 Å². The number of aromatic nitrogens is 3. The van der Waals surface area contributed by atoms with Crippen LogP contribution in [0.4, 0.5) is 0 Å². The zero-order chi connectivity index (χ0) is 25.2. The number of benzene rings is 1. The Kier molecular flexibility index (Phi) is 7.18. The van der Waals surface area contributed by atoms with Crippen LogP contribution >= 0.6 is 0 Å². The van der Waals surface area contributed by atoms with Crippen LogP contribution in [0.3, 0.4) is 0 Å². The largest absolute Gasteiger partial charge is 0.486 e. The van der Waals surface area contributed by atoms with Gasteiger partial charge in [0.15, 0.2) is 5.82 Å². The van der Waals surface area contributed by atoms with E-state index in [-0.39, 0.29) is 24.5 Å². The molecular formula is C26H33N5O4. The Labute approximate surface area is 205 Å². The van der Waals surface area contributed by atoms with E-state index in [9.17, 15) is 9.90 Å². The predicted molar refractivity (Wildman–Crippen MR) is 131 cm³/mol. The van der Waals surface area contributed by atoms with Crippen molar-refractivity contribution >= 4 is 5.91 Å². The Morgan fingerprint density at radius 3 is 2.66 bits per heavy atom. The number of aliphatic hydroxyl groups is 1. The number of carbonyl (C=O) groups excluding carboxylic acids is 1. The maximum atomic E-state index is 12.5. The van der Waals surface area contributed by atoms with Crippen molar-refractivity contribution in [2.24, 2.45) is 0 Å². The number of pyridine rings is 1. The monoisotopic (exact) mass is 479 g/mol. The number of nitrogens with zero attached hydrogens (tertiary/aromatic N) is 4. The second-order valence-electron chi connectivity index (χ2n) is 10.0. The highest BCUT2D eigenvalue weighted by molar-refractivity contribution is 5.95. The van der Waals surface area contributed by atoms with Gasteiger partial charge >= 0.3 is 0 Å². The van der Waals surface area contributed by atoms with Gasteiger partial charge in [-0.05, 0) is 50.6 Å². The van der Waals surface area contributed by atoms with Crippen molar-refractivity contribution in [2.75, 3.05) is 19.7 Å². The Morgan fingerprint density at radius 1 is 1.29 bits per heavy atom. The summed E-state index contributed by atoms with van der Waals surface area (Å²) in [6, 6.07) is 9.34. The first-order chi connectivity index (χ1) is 16.6. The van der Waals surface area contributed by atoms with Crippen LogP contribution < -0.4 is 10.1 Å². The molecule has 1 saturated heterocycles. The number of nitrogens with one attached hydrogen (secondary N) is 1. The fourth-order valence-electron chi connectivity index (χ4n) is 3.80. The van der Waals surface area contributed by atoms with Crippen molar-refractivity contribution in [1.82, 2.24) is 25.3 Å². The van der Waals surface area contributed by atoms with E-state index < -0.39 is 5.54 Å². The maximum Gasteiger partial charge on any atom is 0.251 e. The predicted octanol–water partition coefficient (Wildman–Crippen LogP) is 3.33. The average Bonchev–Trinajstić information content (AvgIpc) is 3.27. The number of hydrogen-bond acceptors (Lipinski definition) is 8. The molecule has 0 bridgehead atoms. The van der Waals surface area contributed by atoms with Gasteiger partial charge in [0.1, 0.15) is 11.9 Å². The lowest BCUT2D eigenvalue weighted by Gasteiger charge is -2.37. The molecule has 3 aromatic rings. The zero-order valence-corrected chi connectivity index (χ0v) is 20.9. The number of ether oxygens (including phenoxy) is 1. The lowest BCUT2D eigenvalue weighted by molar-refractivity contribution is 0.00844. The molecule has 0 aliphatic carbocycles. The summed E-state index contributed by atoms with van der Waals surface area (Å²) < 4.78 is 11.4. The fraction of sp³-hybridized carbons (Fsp3) is 0.462. The van der Waals surface area contributed by atoms with Gasteiger partial charge in [0.2, 0.25) is 5.89 Å². The molecule has 186 valence electrons. The first-order valence-corrected chi connectivity index (χ1v) is 11.9. The van der Waals surface area contributed by atoms with Crippen LogP contribution in [0.25, 0.3) is 11.3 Å². The molecule has 1 fully saturated rings. The number of likely N-dealkylation sites (tertiary alicyclic amines) is 1. The zero-order valence-electron chi connectivity index (χ0n) is 20.9. The second-order valence-corrected chi connectivity index (χ2v) is 10.0. The van der Waals surface area contributed by atoms with Crippen LogP contribution in [0, 0.1) is 6.92 Å². The summed E-state index contributed by atoms with van der Waals surface area (Å²) in [5, 5.41) is 16.2. The molecule has 1 aromatic carbocycles. The molecule has 2 aromatic heterocycles. The average molecular weight is 480 g/mol. The molecular weight excluding hydrogens is 446 g/mol. The Bertz CT molecular complexity index is 1170. The molecule has 4 rings (SSSR count). The minimum atomic E-state index is -0.678. The smallest absolute Gasteiger partial charge is 0.251 e. The first kappa shape index (κ1) is 24.8. The first-order valence-electron chi connectivity index (χ1n) is 11.9. The van der Waals surface area contributed by atoms with E-state index in [0.717, 1.165) is 41.5 Å². The molecule has 35 heavy (non-hydrogen) atoms. The highest BCUT2D eigenvalue weighted by Crippen LogP contribution is 2.26. The van der Waals surface area contributed by atoms with Crippen molar-refractivity contribution in [3.63, 3.8) is 0 Å². The van der Waals surface area contributed by atoms with Gasteiger partial charge in [-0.15, -0.1) is 0 Å². The van der Waals surface area contributed by atoms with Crippen molar-refractivity contribution in [1.29, 1.82) is 0 Å². The summed E-state index contributed by atoms with van der Waals surface area (Å²) in [5.74, 6) is 2.12. The second kappa shape index (κ2) is 10.1. The van der Waals surface area contributed by atoms with Crippen LogP contribution in [-0.4, -0.2) is 62.4 Å². The van der Waals surface area contributed by atoms with Crippen LogP contribution in [0.2, 0.25) is 0 Å². The van der Waals surface area contributed by atoms with E-state index in [0.29, 0.717) is 18.0 Å². The van der Waals surface area contributed by atoms with Gasteiger partial charge in [-0.25, -0.2) is 0 Å². The topological polar surface area (TPSA) is 114 Å². The lowest BCUT2D eigenvalue weighted by atomic mass is 10.0. The molecule has 0 saturated carbocycles. The van der Waals surface area contributed by atoms with Crippen LogP contribution in [-0.2, 0) is 6.54 Å². The number of carbonyl (C=O) groups is 1. The van der Waals surface area contributed by atoms with Gasteiger partial charge in [0.25, 0.3) is 5.91 Å². The molecule has 2 N–H and O–H groups in total. The van der Waals surface area contributed by atoms with Gasteiger partial charge in [-0.3, -0.25) is 14.7 Å². The Hall–Kier alpha value is -3.30. The molecule has 9 heteroatoms. The summed E-state index contributed by atoms with van der Waals surface area (Å²) in [5.41, 5.74) is 2.57. The third-order valence-electron chi connectivity index (χ3n) is 5.93. The standard InChI is InChI=1S/C26H33N5O4/c1-16(2)24-28-23(35-30-24)14-31-12-20(13-31)34-19-7-9-22(27-11-19)21-8-6-18(10-17(21)3)25(33)29-26(4,5)15-32/h6-11,16,20,32H,12-15H2,1-5H3,(H,29,33). The SMILES string of the molecule is Cc1cc(C(=O)NC(C)(C)CO)ccc1-c1ccc(OC2CN(Cc3nc(C(C)C)no3)C2)cn1. The van der Waals surface area contributed by atoms with Crippen molar-refractivity contribution in [2.45, 2.75) is 58.7 Å². The quantitative estimate of drug-likeness (QED) is 0.480. The number of aliphatic hydroxyl groups excluding tert-OH is 1. The minimum Gasteiger partial charge on any atom is -0.486 e. The summed E-state index contributed by atoms with van der Waals surface area (Å²) in [4.78, 5) is 23.7. The van der Waals surface area contributed by atoms with Gasteiger partial charge < -0.3 is 19.7 Å². The van der Waals surface area contributed by atoms with Crippen LogP contribution in [0.5, 0.6) is 5.75 Å². The van der Waals surface area contributed by atoms with Gasteiger partial charge in [-0.2, -0.15) is 4.98 Å². The van der Waals surface area contributed by atoms with Crippen LogP contribution in [0.15, 0.2) is 41.1 Å². The molecule has 9 nitrogen and oxygen atoms in total. The number of aryl methyl sites for hydroxylation is 1. The van der Waals surface area contributed by atoms with Gasteiger partial charge in [0.05, 0.1) is 30.6 Å². The van der Waals surface area contributed by atoms with Gasteiger partial charge in [0, 0.05) is 30.1 Å². The summed E-state index contributed by atoms with van der Waals surface area (Å²) in [7, 11) is 0. The molecule has 0 unspecified atom stereocenters. The van der Waals surface area contributed by atoms with E-state index in [2.05, 4.69) is 25.3 Å². The molecule has 0 atom stereocenters. The number of hydrogen-bond donors (Lipinski definition) is 2. The molecule has 1 aliphatic rings. The highest BCUT2D eigenvalue weighted by atomic mass is 16.5. The minimum absolute atomic E-state index is 0.0952. The van der Waals surface area contributed by atoms with E-state index in [1.807, 2.05) is 45.0 Å². The van der Waals surface area contributed by atoms with E-state index in [1.165, 1.54) is 0 Å². The Balaban J connectivity index is 1.31.